The number of benzene rings is 1. The number of ether oxygens (including phenoxy) is 1. The zero-order valence-corrected chi connectivity index (χ0v) is 17.7. The van der Waals surface area contributed by atoms with Crippen molar-refractivity contribution in [1.29, 1.82) is 0 Å². The standard InChI is InChI=1S/C18H24ClF2N3O2.2ClH/c19-13-1-3-15(4-2-13)26-10-9-24-7-5-14(6-8-24)23-17(25)16-11-18(20,21)12-22-16;;/h1-4,14,16,22H,5-12H2,(H,23,25);2*1H. The van der Waals surface area contributed by atoms with Gasteiger partial charge in [-0.25, -0.2) is 8.78 Å². The molecular weight excluding hydrogens is 435 g/mol. The molecule has 160 valence electrons. The summed E-state index contributed by atoms with van der Waals surface area (Å²) in [6.07, 6.45) is 1.21. The molecule has 28 heavy (non-hydrogen) atoms. The van der Waals surface area contributed by atoms with Crippen LogP contribution in [0.15, 0.2) is 24.3 Å². The molecule has 2 N–H and O–H groups in total. The van der Waals surface area contributed by atoms with E-state index in [9.17, 15) is 13.6 Å². The van der Waals surface area contributed by atoms with Crippen molar-refractivity contribution < 1.29 is 18.3 Å². The molecule has 1 aromatic carbocycles. The Labute approximate surface area is 181 Å². The second-order valence-corrected chi connectivity index (χ2v) is 7.36. The number of carbonyl (C=O) groups excluding carboxylic acids is 1. The molecule has 2 aliphatic heterocycles. The second-order valence-electron chi connectivity index (χ2n) is 6.92. The van der Waals surface area contributed by atoms with Gasteiger partial charge in [-0.15, -0.1) is 24.8 Å². The summed E-state index contributed by atoms with van der Waals surface area (Å²) >= 11 is 5.84. The Bertz CT molecular complexity index is 615. The number of hydrogen-bond donors (Lipinski definition) is 2. The lowest BCUT2D eigenvalue weighted by atomic mass is 10.0. The van der Waals surface area contributed by atoms with Gasteiger partial charge >= 0.3 is 0 Å². The number of piperidine rings is 1. The van der Waals surface area contributed by atoms with E-state index < -0.39 is 24.9 Å². The molecule has 0 spiro atoms. The SMILES string of the molecule is Cl.Cl.O=C(NC1CCN(CCOc2ccc(Cl)cc2)CC1)C1CC(F)(F)CN1. The lowest BCUT2D eigenvalue weighted by molar-refractivity contribution is -0.124. The summed E-state index contributed by atoms with van der Waals surface area (Å²) in [5.41, 5.74) is 0. The maximum absolute atomic E-state index is 13.2. The fourth-order valence-corrected chi connectivity index (χ4v) is 3.45. The molecule has 2 saturated heterocycles. The molecule has 2 aliphatic rings. The smallest absolute Gasteiger partial charge is 0.262 e. The van der Waals surface area contributed by atoms with E-state index in [0.717, 1.165) is 38.2 Å². The summed E-state index contributed by atoms with van der Waals surface area (Å²) in [5, 5.41) is 6.17. The number of halogens is 5. The maximum atomic E-state index is 13.2. The van der Waals surface area contributed by atoms with Crippen molar-refractivity contribution in [2.75, 3.05) is 32.8 Å². The molecule has 0 aliphatic carbocycles. The van der Waals surface area contributed by atoms with Crippen LogP contribution in [0.4, 0.5) is 8.78 Å². The summed E-state index contributed by atoms with van der Waals surface area (Å²) < 4.78 is 32.0. The number of carbonyl (C=O) groups is 1. The van der Waals surface area contributed by atoms with Gasteiger partial charge < -0.3 is 10.1 Å². The van der Waals surface area contributed by atoms with Gasteiger partial charge in [0.05, 0.1) is 12.6 Å². The molecule has 1 atom stereocenters. The van der Waals surface area contributed by atoms with Crippen molar-refractivity contribution in [3.05, 3.63) is 29.3 Å². The fourth-order valence-electron chi connectivity index (χ4n) is 3.33. The number of alkyl halides is 2. The zero-order valence-electron chi connectivity index (χ0n) is 15.3. The van der Waals surface area contributed by atoms with E-state index in [2.05, 4.69) is 15.5 Å². The number of amides is 1. The minimum atomic E-state index is -2.78. The lowest BCUT2D eigenvalue weighted by Gasteiger charge is -2.32. The van der Waals surface area contributed by atoms with Crippen LogP contribution in [0.3, 0.4) is 0 Å². The molecule has 0 aromatic heterocycles. The first-order chi connectivity index (χ1) is 12.4. The van der Waals surface area contributed by atoms with Crippen molar-refractivity contribution in [1.82, 2.24) is 15.5 Å². The largest absolute Gasteiger partial charge is 0.492 e. The summed E-state index contributed by atoms with van der Waals surface area (Å²) in [7, 11) is 0. The van der Waals surface area contributed by atoms with E-state index in [0.29, 0.717) is 11.6 Å². The van der Waals surface area contributed by atoms with Crippen LogP contribution in [0.1, 0.15) is 19.3 Å². The van der Waals surface area contributed by atoms with Gasteiger partial charge in [0.2, 0.25) is 5.91 Å². The second kappa shape index (κ2) is 11.4. The highest BCUT2D eigenvalue weighted by molar-refractivity contribution is 6.30. The van der Waals surface area contributed by atoms with Crippen molar-refractivity contribution in [3.63, 3.8) is 0 Å². The summed E-state index contributed by atoms with van der Waals surface area (Å²) in [6.45, 7) is 2.67. The van der Waals surface area contributed by atoms with Crippen LogP contribution in [0.25, 0.3) is 0 Å². The van der Waals surface area contributed by atoms with Crippen LogP contribution < -0.4 is 15.4 Å². The van der Waals surface area contributed by atoms with Crippen LogP contribution in [-0.2, 0) is 4.79 Å². The van der Waals surface area contributed by atoms with Crippen LogP contribution in [0.5, 0.6) is 5.75 Å². The highest BCUT2D eigenvalue weighted by atomic mass is 35.5. The molecule has 0 radical (unpaired) electrons. The normalized spacial score (nSPS) is 22.0. The first-order valence-corrected chi connectivity index (χ1v) is 9.31. The quantitative estimate of drug-likeness (QED) is 0.685. The van der Waals surface area contributed by atoms with E-state index in [4.69, 9.17) is 16.3 Å². The first kappa shape index (κ1) is 25.2. The Kier molecular flexibility index (Phi) is 10.2. The van der Waals surface area contributed by atoms with Crippen LogP contribution in [-0.4, -0.2) is 61.6 Å². The highest BCUT2D eigenvalue weighted by Crippen LogP contribution is 2.25. The van der Waals surface area contributed by atoms with E-state index in [1.165, 1.54) is 0 Å². The Hall–Kier alpha value is -0.860. The highest BCUT2D eigenvalue weighted by Gasteiger charge is 2.42. The fraction of sp³-hybridized carbons (Fsp3) is 0.611. The number of nitrogens with zero attached hydrogens (tertiary/aromatic N) is 1. The van der Waals surface area contributed by atoms with Gasteiger partial charge in [0.25, 0.3) is 5.92 Å². The summed E-state index contributed by atoms with van der Waals surface area (Å²) in [4.78, 5) is 14.4. The van der Waals surface area contributed by atoms with Gasteiger partial charge in [-0.1, -0.05) is 11.6 Å². The van der Waals surface area contributed by atoms with E-state index >= 15 is 0 Å². The third kappa shape index (κ3) is 7.52. The van der Waals surface area contributed by atoms with Gasteiger partial charge in [0.15, 0.2) is 0 Å². The zero-order chi connectivity index (χ0) is 18.6. The number of likely N-dealkylation sites (tertiary alicyclic amines) is 1. The average molecular weight is 461 g/mol. The molecule has 2 fully saturated rings. The lowest BCUT2D eigenvalue weighted by Crippen LogP contribution is -2.49. The number of hydrogen-bond acceptors (Lipinski definition) is 4. The molecule has 0 saturated carbocycles. The molecule has 5 nitrogen and oxygen atoms in total. The average Bonchev–Trinajstić information content (AvgIpc) is 2.98. The predicted octanol–water partition coefficient (Wildman–Crippen LogP) is 3.14. The monoisotopic (exact) mass is 459 g/mol. The molecule has 10 heteroatoms. The Morgan fingerprint density at radius 1 is 1.25 bits per heavy atom. The molecule has 3 rings (SSSR count). The Morgan fingerprint density at radius 2 is 1.89 bits per heavy atom. The van der Waals surface area contributed by atoms with Crippen molar-refractivity contribution in [2.45, 2.75) is 37.3 Å². The molecule has 1 unspecified atom stereocenters. The van der Waals surface area contributed by atoms with Crippen LogP contribution in [0, 0.1) is 0 Å². The van der Waals surface area contributed by atoms with Crippen molar-refractivity contribution in [3.8, 4) is 5.75 Å². The molecule has 1 aromatic rings. The Morgan fingerprint density at radius 3 is 2.46 bits per heavy atom. The van der Waals surface area contributed by atoms with Crippen molar-refractivity contribution >= 4 is 42.3 Å². The van der Waals surface area contributed by atoms with Crippen LogP contribution in [0.2, 0.25) is 5.02 Å². The molecule has 0 bridgehead atoms. The summed E-state index contributed by atoms with van der Waals surface area (Å²) in [6, 6.07) is 6.53. The van der Waals surface area contributed by atoms with E-state index in [1.807, 2.05) is 12.1 Å². The van der Waals surface area contributed by atoms with Crippen LogP contribution >= 0.6 is 36.4 Å². The minimum absolute atomic E-state index is 0. The Balaban J connectivity index is 0.00000196. The third-order valence-electron chi connectivity index (χ3n) is 4.85. The number of rotatable bonds is 6. The number of nitrogens with one attached hydrogen (secondary N) is 2. The van der Waals surface area contributed by atoms with Gasteiger partial charge in [0.1, 0.15) is 12.4 Å². The predicted molar refractivity (Wildman–Crippen MR) is 110 cm³/mol. The first-order valence-electron chi connectivity index (χ1n) is 8.94. The van der Waals surface area contributed by atoms with E-state index in [-0.39, 0.29) is 36.8 Å². The summed E-state index contributed by atoms with van der Waals surface area (Å²) in [5.74, 6) is -2.31. The van der Waals surface area contributed by atoms with Crippen molar-refractivity contribution in [2.24, 2.45) is 0 Å². The van der Waals surface area contributed by atoms with Gasteiger partial charge in [0, 0.05) is 37.1 Å². The topological polar surface area (TPSA) is 53.6 Å². The van der Waals surface area contributed by atoms with Gasteiger partial charge in [-0.05, 0) is 37.1 Å². The van der Waals surface area contributed by atoms with Gasteiger partial charge in [-0.3, -0.25) is 15.0 Å². The van der Waals surface area contributed by atoms with Gasteiger partial charge in [-0.2, -0.15) is 0 Å². The third-order valence-corrected chi connectivity index (χ3v) is 5.10. The molecule has 1 amide bonds. The molecular formula is C18H26Cl3F2N3O2. The van der Waals surface area contributed by atoms with E-state index in [1.54, 1.807) is 12.1 Å². The maximum Gasteiger partial charge on any atom is 0.262 e. The molecule has 2 heterocycles. The minimum Gasteiger partial charge on any atom is -0.492 e.